The summed E-state index contributed by atoms with van der Waals surface area (Å²) in [6.45, 7) is 7.41. The quantitative estimate of drug-likeness (QED) is 0.403. The SMILES string of the molecule is CCN(CC)CCCN1C(=O)c2oc3ccc(Cl)cc3c(=O)c2[C@H]1c1ccc(Cl)c(Cl)c1. The maximum absolute atomic E-state index is 13.5. The Labute approximate surface area is 201 Å². The van der Waals surface area contributed by atoms with E-state index in [1.165, 1.54) is 0 Å². The highest BCUT2D eigenvalue weighted by molar-refractivity contribution is 6.42. The summed E-state index contributed by atoms with van der Waals surface area (Å²) < 4.78 is 5.94. The summed E-state index contributed by atoms with van der Waals surface area (Å²) in [5.74, 6) is -0.228. The molecule has 0 bridgehead atoms. The van der Waals surface area contributed by atoms with Gasteiger partial charge in [-0.15, -0.1) is 0 Å². The van der Waals surface area contributed by atoms with Gasteiger partial charge in [-0.3, -0.25) is 9.59 Å². The second kappa shape index (κ2) is 9.44. The van der Waals surface area contributed by atoms with Gasteiger partial charge in [0.05, 0.1) is 27.0 Å². The van der Waals surface area contributed by atoms with Crippen LogP contribution < -0.4 is 5.43 Å². The molecule has 0 unspecified atom stereocenters. The third kappa shape index (κ3) is 4.15. The largest absolute Gasteiger partial charge is 0.450 e. The minimum Gasteiger partial charge on any atom is -0.450 e. The molecule has 1 aliphatic rings. The van der Waals surface area contributed by atoms with Gasteiger partial charge >= 0.3 is 0 Å². The lowest BCUT2D eigenvalue weighted by Gasteiger charge is -2.27. The number of hydrogen-bond donors (Lipinski definition) is 0. The Balaban J connectivity index is 1.82. The molecule has 0 fully saturated rings. The first kappa shape index (κ1) is 23.1. The van der Waals surface area contributed by atoms with Crippen LogP contribution >= 0.6 is 34.8 Å². The predicted octanol–water partition coefficient (Wildman–Crippen LogP) is 6.03. The molecule has 8 heteroatoms. The van der Waals surface area contributed by atoms with E-state index in [1.807, 2.05) is 0 Å². The standard InChI is InChI=1S/C24H23Cl3N2O3/c1-3-28(4-2)10-5-11-29-21(14-6-8-17(26)18(27)12-14)20-22(30)16-13-15(25)7-9-19(16)32-23(20)24(29)31/h6-9,12-13,21H,3-5,10-11H2,1-2H3/t21-/m1/s1. The lowest BCUT2D eigenvalue weighted by molar-refractivity contribution is 0.0720. The molecular weight excluding hydrogens is 471 g/mol. The number of amides is 1. The lowest BCUT2D eigenvalue weighted by Crippen LogP contribution is -2.33. The van der Waals surface area contributed by atoms with Crippen LogP contribution in [0.25, 0.3) is 11.0 Å². The average molecular weight is 494 g/mol. The van der Waals surface area contributed by atoms with E-state index in [-0.39, 0.29) is 17.1 Å². The van der Waals surface area contributed by atoms with E-state index in [4.69, 9.17) is 39.2 Å². The van der Waals surface area contributed by atoms with E-state index in [0.717, 1.165) is 26.1 Å². The first-order valence-corrected chi connectivity index (χ1v) is 11.7. The van der Waals surface area contributed by atoms with Gasteiger partial charge in [0.2, 0.25) is 5.76 Å². The minimum absolute atomic E-state index is 0.0729. The van der Waals surface area contributed by atoms with Crippen LogP contribution in [-0.2, 0) is 0 Å². The molecule has 1 aromatic heterocycles. The normalized spacial score (nSPS) is 15.8. The van der Waals surface area contributed by atoms with Crippen molar-refractivity contribution in [2.45, 2.75) is 26.3 Å². The number of carbonyl (C=O) groups is 1. The van der Waals surface area contributed by atoms with Crippen molar-refractivity contribution in [2.24, 2.45) is 0 Å². The number of halogens is 3. The van der Waals surface area contributed by atoms with Crippen molar-refractivity contribution in [2.75, 3.05) is 26.2 Å². The van der Waals surface area contributed by atoms with Crippen molar-refractivity contribution in [1.82, 2.24) is 9.80 Å². The van der Waals surface area contributed by atoms with Crippen molar-refractivity contribution in [3.05, 3.63) is 78.6 Å². The molecule has 3 aromatic rings. The molecule has 2 aromatic carbocycles. The Morgan fingerprint density at radius 3 is 2.44 bits per heavy atom. The van der Waals surface area contributed by atoms with Crippen LogP contribution in [0.15, 0.2) is 45.6 Å². The molecule has 5 nitrogen and oxygen atoms in total. The van der Waals surface area contributed by atoms with E-state index in [2.05, 4.69) is 18.7 Å². The van der Waals surface area contributed by atoms with E-state index >= 15 is 0 Å². The first-order chi connectivity index (χ1) is 15.3. The van der Waals surface area contributed by atoms with Crippen molar-refractivity contribution in [3.8, 4) is 0 Å². The lowest BCUT2D eigenvalue weighted by atomic mass is 9.98. The van der Waals surface area contributed by atoms with Gasteiger partial charge < -0.3 is 14.2 Å². The molecule has 1 aliphatic heterocycles. The zero-order valence-corrected chi connectivity index (χ0v) is 20.1. The van der Waals surface area contributed by atoms with Crippen LogP contribution in [0.1, 0.15) is 48.0 Å². The zero-order chi connectivity index (χ0) is 23.0. The number of benzene rings is 2. The zero-order valence-electron chi connectivity index (χ0n) is 17.8. The fraction of sp³-hybridized carbons (Fsp3) is 0.333. The highest BCUT2D eigenvalue weighted by Gasteiger charge is 2.42. The number of fused-ring (bicyclic) bond motifs is 2. The molecular formula is C24H23Cl3N2O3. The molecule has 4 rings (SSSR count). The molecule has 0 saturated heterocycles. The summed E-state index contributed by atoms with van der Waals surface area (Å²) in [6.07, 6.45) is 0.763. The van der Waals surface area contributed by atoms with Crippen LogP contribution in [0, 0.1) is 0 Å². The van der Waals surface area contributed by atoms with Gasteiger partial charge in [-0.1, -0.05) is 54.7 Å². The van der Waals surface area contributed by atoms with E-state index in [9.17, 15) is 9.59 Å². The smallest absolute Gasteiger partial charge is 0.290 e. The maximum Gasteiger partial charge on any atom is 0.290 e. The fourth-order valence-electron chi connectivity index (χ4n) is 4.26. The van der Waals surface area contributed by atoms with E-state index in [0.29, 0.717) is 43.7 Å². The van der Waals surface area contributed by atoms with Crippen molar-refractivity contribution < 1.29 is 9.21 Å². The van der Waals surface area contributed by atoms with Crippen LogP contribution in [0.4, 0.5) is 0 Å². The second-order valence-electron chi connectivity index (χ2n) is 7.77. The highest BCUT2D eigenvalue weighted by Crippen LogP contribution is 2.40. The van der Waals surface area contributed by atoms with Crippen LogP contribution in [-0.4, -0.2) is 41.9 Å². The van der Waals surface area contributed by atoms with Gasteiger partial charge in [-0.2, -0.15) is 0 Å². The van der Waals surface area contributed by atoms with Gasteiger partial charge in [0.1, 0.15) is 5.58 Å². The second-order valence-corrected chi connectivity index (χ2v) is 9.02. The monoisotopic (exact) mass is 492 g/mol. The van der Waals surface area contributed by atoms with Crippen LogP contribution in [0.2, 0.25) is 15.1 Å². The number of nitrogens with zero attached hydrogens (tertiary/aromatic N) is 2. The molecule has 0 spiro atoms. The Bertz CT molecular complexity index is 1240. The molecule has 168 valence electrons. The molecule has 0 aliphatic carbocycles. The van der Waals surface area contributed by atoms with Gasteiger partial charge in [-0.25, -0.2) is 0 Å². The predicted molar refractivity (Wildman–Crippen MR) is 129 cm³/mol. The fourth-order valence-corrected chi connectivity index (χ4v) is 4.74. The molecule has 32 heavy (non-hydrogen) atoms. The summed E-state index contributed by atoms with van der Waals surface area (Å²) in [6, 6.07) is 9.39. The Morgan fingerprint density at radius 2 is 1.75 bits per heavy atom. The summed E-state index contributed by atoms with van der Waals surface area (Å²) in [5.41, 5.74) is 1.10. The Kier molecular flexibility index (Phi) is 6.82. The Hall–Kier alpha value is -2.05. The highest BCUT2D eigenvalue weighted by atomic mass is 35.5. The molecule has 1 amide bonds. The summed E-state index contributed by atoms with van der Waals surface area (Å²) in [5, 5.41) is 1.54. The summed E-state index contributed by atoms with van der Waals surface area (Å²) >= 11 is 18.5. The molecule has 0 saturated carbocycles. The number of hydrogen-bond acceptors (Lipinski definition) is 4. The molecule has 0 radical (unpaired) electrons. The number of rotatable bonds is 7. The third-order valence-corrected chi connectivity index (χ3v) is 6.93. The van der Waals surface area contributed by atoms with Crippen molar-refractivity contribution in [1.29, 1.82) is 0 Å². The first-order valence-electron chi connectivity index (χ1n) is 10.6. The van der Waals surface area contributed by atoms with E-state index in [1.54, 1.807) is 41.3 Å². The minimum atomic E-state index is -0.608. The Morgan fingerprint density at radius 1 is 1.00 bits per heavy atom. The summed E-state index contributed by atoms with van der Waals surface area (Å²) in [4.78, 5) is 30.9. The third-order valence-electron chi connectivity index (χ3n) is 5.95. The van der Waals surface area contributed by atoms with Crippen LogP contribution in [0.3, 0.4) is 0 Å². The summed E-state index contributed by atoms with van der Waals surface area (Å²) in [7, 11) is 0. The van der Waals surface area contributed by atoms with Crippen LogP contribution in [0.5, 0.6) is 0 Å². The van der Waals surface area contributed by atoms with Gasteiger partial charge in [-0.05, 0) is 62.0 Å². The van der Waals surface area contributed by atoms with Gasteiger partial charge in [0, 0.05) is 11.6 Å². The van der Waals surface area contributed by atoms with Crippen molar-refractivity contribution in [3.63, 3.8) is 0 Å². The van der Waals surface area contributed by atoms with Gasteiger partial charge in [0.25, 0.3) is 5.91 Å². The topological polar surface area (TPSA) is 53.8 Å². The molecule has 0 N–H and O–H groups in total. The maximum atomic E-state index is 13.5. The molecule has 1 atom stereocenters. The average Bonchev–Trinajstić information content (AvgIpc) is 3.06. The molecule has 2 heterocycles. The number of carbonyl (C=O) groups excluding carboxylic acids is 1. The van der Waals surface area contributed by atoms with Crippen molar-refractivity contribution >= 4 is 51.7 Å². The van der Waals surface area contributed by atoms with Gasteiger partial charge in [0.15, 0.2) is 5.43 Å². The van der Waals surface area contributed by atoms with E-state index < -0.39 is 6.04 Å².